The van der Waals surface area contributed by atoms with Gasteiger partial charge in [0.25, 0.3) is 0 Å². The highest BCUT2D eigenvalue weighted by atomic mass is 16.2. The molecule has 1 N–H and O–H groups in total. The number of hydrogen-bond acceptors (Lipinski definition) is 4. The van der Waals surface area contributed by atoms with Gasteiger partial charge in [0.15, 0.2) is 0 Å². The van der Waals surface area contributed by atoms with E-state index in [-0.39, 0.29) is 29.6 Å². The first-order chi connectivity index (χ1) is 17.3. The Hall–Kier alpha value is -2.93. The number of aryl methyl sites for hydroxylation is 1. The number of nitrogens with zero attached hydrogens (tertiary/aromatic N) is 4. The summed E-state index contributed by atoms with van der Waals surface area (Å²) < 4.78 is 0. The Bertz CT molecular complexity index is 1090. The minimum Gasteiger partial charge on any atom is -0.317 e. The predicted molar refractivity (Wildman–Crippen MR) is 142 cm³/mol. The van der Waals surface area contributed by atoms with E-state index < -0.39 is 0 Å². The Morgan fingerprint density at radius 1 is 1.06 bits per heavy atom. The van der Waals surface area contributed by atoms with E-state index in [1.165, 1.54) is 24.8 Å². The highest BCUT2D eigenvalue weighted by Crippen LogP contribution is 2.49. The van der Waals surface area contributed by atoms with Gasteiger partial charge in [-0.3, -0.25) is 9.69 Å². The summed E-state index contributed by atoms with van der Waals surface area (Å²) in [6, 6.07) is 16.4. The van der Waals surface area contributed by atoms with E-state index in [1.807, 2.05) is 19.1 Å². The van der Waals surface area contributed by atoms with Gasteiger partial charge in [-0.25, -0.2) is 9.78 Å². The lowest BCUT2D eigenvalue weighted by Gasteiger charge is -2.51. The Morgan fingerprint density at radius 3 is 2.39 bits per heavy atom. The fourth-order valence-electron chi connectivity index (χ4n) is 6.48. The molecule has 0 unspecified atom stereocenters. The average Bonchev–Trinajstić information content (AvgIpc) is 3.07. The molecule has 0 radical (unpaired) electrons. The van der Waals surface area contributed by atoms with Gasteiger partial charge in [-0.2, -0.15) is 0 Å². The van der Waals surface area contributed by atoms with Crippen molar-refractivity contribution in [3.63, 3.8) is 0 Å². The number of anilines is 1. The highest BCUT2D eigenvalue weighted by Gasteiger charge is 2.55. The van der Waals surface area contributed by atoms with Crippen molar-refractivity contribution >= 4 is 17.8 Å². The number of nitrogens with one attached hydrogen (secondary N) is 1. The molecule has 1 aromatic heterocycles. The summed E-state index contributed by atoms with van der Waals surface area (Å²) in [5.41, 5.74) is 1.96. The molecule has 3 aliphatic rings. The zero-order valence-electron chi connectivity index (χ0n) is 21.9. The van der Waals surface area contributed by atoms with Crippen molar-refractivity contribution in [2.24, 2.45) is 5.92 Å². The molecule has 0 atom stereocenters. The smallest absolute Gasteiger partial charge is 0.317 e. The van der Waals surface area contributed by atoms with E-state index in [4.69, 9.17) is 0 Å². The van der Waals surface area contributed by atoms with E-state index in [1.54, 1.807) is 11.0 Å². The fraction of sp³-hybridized carbons (Fsp3) is 0.552. The SMILES string of the molecule is Cc1cccc(NC(=O)CN2C[C@]3(CC[C@](c4ccccc4)(N(C)C)CC3)N(CC3CCC3)C2=O)n1. The van der Waals surface area contributed by atoms with Crippen LogP contribution in [0.2, 0.25) is 0 Å². The molecule has 36 heavy (non-hydrogen) atoms. The number of hydrogen-bond donors (Lipinski definition) is 1. The second kappa shape index (κ2) is 9.85. The molecular weight excluding hydrogens is 450 g/mol. The first kappa shape index (κ1) is 24.8. The van der Waals surface area contributed by atoms with Gasteiger partial charge in [-0.1, -0.05) is 42.8 Å². The molecule has 192 valence electrons. The van der Waals surface area contributed by atoms with Crippen molar-refractivity contribution in [1.82, 2.24) is 19.7 Å². The van der Waals surface area contributed by atoms with Crippen LogP contribution in [0.3, 0.4) is 0 Å². The number of aromatic nitrogens is 1. The van der Waals surface area contributed by atoms with E-state index in [0.717, 1.165) is 37.9 Å². The zero-order valence-corrected chi connectivity index (χ0v) is 21.9. The molecule has 2 heterocycles. The first-order valence-corrected chi connectivity index (χ1v) is 13.3. The lowest BCUT2D eigenvalue weighted by atomic mass is 9.68. The normalized spacial score (nSPS) is 26.5. The van der Waals surface area contributed by atoms with Crippen molar-refractivity contribution in [2.75, 3.05) is 39.0 Å². The van der Waals surface area contributed by atoms with E-state index in [2.05, 4.69) is 64.5 Å². The molecule has 1 aliphatic heterocycles. The monoisotopic (exact) mass is 489 g/mol. The zero-order chi connectivity index (χ0) is 25.3. The molecule has 5 rings (SSSR count). The van der Waals surface area contributed by atoms with Gasteiger partial charge in [0.1, 0.15) is 12.4 Å². The van der Waals surface area contributed by atoms with Gasteiger partial charge in [0.05, 0.1) is 5.54 Å². The van der Waals surface area contributed by atoms with Crippen LogP contribution in [0.5, 0.6) is 0 Å². The van der Waals surface area contributed by atoms with Crippen LogP contribution in [0.1, 0.15) is 56.2 Å². The second-order valence-electron chi connectivity index (χ2n) is 11.3. The van der Waals surface area contributed by atoms with Crippen LogP contribution < -0.4 is 5.32 Å². The van der Waals surface area contributed by atoms with Crippen LogP contribution in [0.15, 0.2) is 48.5 Å². The third-order valence-electron chi connectivity index (χ3n) is 8.89. The predicted octanol–water partition coefficient (Wildman–Crippen LogP) is 4.64. The lowest BCUT2D eigenvalue weighted by Crippen LogP contribution is -2.56. The Balaban J connectivity index is 1.34. The molecule has 3 amide bonds. The fourth-order valence-corrected chi connectivity index (χ4v) is 6.48. The number of carbonyl (C=O) groups excluding carboxylic acids is 2. The molecule has 7 heteroatoms. The number of amides is 3. The molecule has 2 aliphatic carbocycles. The Labute approximate surface area is 214 Å². The maximum absolute atomic E-state index is 13.7. The summed E-state index contributed by atoms with van der Waals surface area (Å²) in [5, 5.41) is 2.88. The van der Waals surface area contributed by atoms with Crippen molar-refractivity contribution in [3.05, 3.63) is 59.8 Å². The summed E-state index contributed by atoms with van der Waals surface area (Å²) in [6.45, 7) is 3.39. The third-order valence-corrected chi connectivity index (χ3v) is 8.89. The minimum absolute atomic E-state index is 0.0197. The quantitative estimate of drug-likeness (QED) is 0.615. The maximum atomic E-state index is 13.7. The van der Waals surface area contributed by atoms with Gasteiger partial charge < -0.3 is 15.1 Å². The topological polar surface area (TPSA) is 68.8 Å². The Morgan fingerprint density at radius 2 is 1.78 bits per heavy atom. The summed E-state index contributed by atoms with van der Waals surface area (Å²) in [4.78, 5) is 37.3. The van der Waals surface area contributed by atoms with Crippen molar-refractivity contribution in [2.45, 2.75) is 62.9 Å². The average molecular weight is 490 g/mol. The minimum atomic E-state index is -0.206. The van der Waals surface area contributed by atoms with Crippen molar-refractivity contribution in [3.8, 4) is 0 Å². The summed E-state index contributed by atoms with van der Waals surface area (Å²) in [7, 11) is 4.35. The molecule has 0 bridgehead atoms. The van der Waals surface area contributed by atoms with Crippen LogP contribution in [0, 0.1) is 12.8 Å². The standard InChI is InChI=1S/C29H39N5O2/c1-22-9-7-14-25(30-22)31-26(35)20-33-21-28(34(27(33)36)19-23-10-8-11-23)15-17-29(18-16-28,32(2)3)24-12-5-4-6-13-24/h4-7,9,12-14,23H,8,10-11,15-21H2,1-3H3,(H,30,31,35)/t28-,29+. The molecule has 1 saturated heterocycles. The molecule has 3 fully saturated rings. The number of pyridine rings is 1. The van der Waals surface area contributed by atoms with Crippen molar-refractivity contribution < 1.29 is 9.59 Å². The maximum Gasteiger partial charge on any atom is 0.321 e. The van der Waals surface area contributed by atoms with E-state index in [0.29, 0.717) is 18.3 Å². The highest BCUT2D eigenvalue weighted by molar-refractivity contribution is 5.94. The number of rotatable bonds is 7. The van der Waals surface area contributed by atoms with Crippen LogP contribution in [-0.4, -0.2) is 70.9 Å². The molecule has 1 aromatic carbocycles. The first-order valence-electron chi connectivity index (χ1n) is 13.3. The van der Waals surface area contributed by atoms with Crippen molar-refractivity contribution in [1.29, 1.82) is 0 Å². The summed E-state index contributed by atoms with van der Waals surface area (Å²) >= 11 is 0. The summed E-state index contributed by atoms with van der Waals surface area (Å²) in [6.07, 6.45) is 7.52. The van der Waals surface area contributed by atoms with Gasteiger partial charge in [-0.15, -0.1) is 0 Å². The largest absolute Gasteiger partial charge is 0.321 e. The van der Waals surface area contributed by atoms with E-state index >= 15 is 0 Å². The summed E-state index contributed by atoms with van der Waals surface area (Å²) in [5.74, 6) is 0.930. The third kappa shape index (κ3) is 4.61. The number of benzene rings is 1. The Kier molecular flexibility index (Phi) is 6.77. The number of urea groups is 1. The van der Waals surface area contributed by atoms with E-state index in [9.17, 15) is 9.59 Å². The van der Waals surface area contributed by atoms with Crippen LogP contribution >= 0.6 is 0 Å². The lowest BCUT2D eigenvalue weighted by molar-refractivity contribution is -0.116. The molecule has 2 saturated carbocycles. The van der Waals surface area contributed by atoms with Gasteiger partial charge in [0, 0.05) is 24.3 Å². The number of carbonyl (C=O) groups is 2. The van der Waals surface area contributed by atoms with Gasteiger partial charge in [-0.05, 0) is 83.2 Å². The second-order valence-corrected chi connectivity index (χ2v) is 11.3. The van der Waals surface area contributed by atoms with Crippen LogP contribution in [0.4, 0.5) is 10.6 Å². The molecule has 7 nitrogen and oxygen atoms in total. The molecule has 2 aromatic rings. The molecular formula is C29H39N5O2. The van der Waals surface area contributed by atoms with Gasteiger partial charge >= 0.3 is 6.03 Å². The van der Waals surface area contributed by atoms with Gasteiger partial charge in [0.2, 0.25) is 5.91 Å². The van der Waals surface area contributed by atoms with Crippen LogP contribution in [-0.2, 0) is 10.3 Å². The van der Waals surface area contributed by atoms with Crippen LogP contribution in [0.25, 0.3) is 0 Å². The molecule has 1 spiro atoms.